The largest absolute Gasteiger partial charge is 0.760 e. The lowest BCUT2D eigenvalue weighted by Crippen LogP contribution is -1.99. The molecule has 1 aromatic carbocycles. The highest BCUT2D eigenvalue weighted by atomic mass is 32.2. The van der Waals surface area contributed by atoms with Crippen molar-refractivity contribution in [2.75, 3.05) is 0 Å². The summed E-state index contributed by atoms with van der Waals surface area (Å²) in [5, 5.41) is 4.03. The molecule has 0 bridgehead atoms. The smallest absolute Gasteiger partial charge is 0.0152 e. The van der Waals surface area contributed by atoms with Crippen LogP contribution in [0.5, 0.6) is 0 Å². The molecule has 3 nitrogen and oxygen atoms in total. The van der Waals surface area contributed by atoms with Gasteiger partial charge in [0.25, 0.3) is 0 Å². The Labute approximate surface area is 164 Å². The number of hydrogen-bond donors (Lipinski definition) is 1. The zero-order valence-electron chi connectivity index (χ0n) is 17.0. The molecule has 0 aliphatic carbocycles. The van der Waals surface area contributed by atoms with Crippen LogP contribution >= 0.6 is 0 Å². The number of hydrogen-bond acceptors (Lipinski definition) is 2. The van der Waals surface area contributed by atoms with E-state index in [4.69, 9.17) is 8.76 Å². The van der Waals surface area contributed by atoms with Crippen LogP contribution in [0.4, 0.5) is 0 Å². The molecule has 4 heteroatoms. The third-order valence-corrected chi connectivity index (χ3v) is 4.83. The average molecular weight is 383 g/mol. The summed E-state index contributed by atoms with van der Waals surface area (Å²) < 4.78 is 17.6. The molecular formula is C22H40NO2S-. The molecule has 0 saturated carbocycles. The average Bonchev–Trinajstić information content (AvgIpc) is 2.63. The maximum atomic E-state index is 8.78. The first kappa shape index (κ1) is 25.3. The van der Waals surface area contributed by atoms with Gasteiger partial charge in [0.05, 0.1) is 0 Å². The minimum Gasteiger partial charge on any atom is -0.760 e. The van der Waals surface area contributed by atoms with Crippen molar-refractivity contribution < 1.29 is 8.76 Å². The second-order valence-electron chi connectivity index (χ2n) is 7.13. The predicted octanol–water partition coefficient (Wildman–Crippen LogP) is 6.62. The second kappa shape index (κ2) is 19.1. The highest BCUT2D eigenvalue weighted by Gasteiger charge is 2.10. The van der Waals surface area contributed by atoms with Crippen LogP contribution in [0.3, 0.4) is 0 Å². The summed E-state index contributed by atoms with van der Waals surface area (Å²) in [6.07, 6.45) is 18.3. The Hall–Kier alpha value is -0.710. The summed E-state index contributed by atoms with van der Waals surface area (Å²) in [5.41, 5.74) is 1.57. The van der Waals surface area contributed by atoms with Gasteiger partial charge in [-0.25, -0.2) is 0 Å². The fraction of sp³-hybridized carbons (Fsp3) is 0.727. The molecule has 2 N–H and O–H groups in total. The molecule has 0 aliphatic rings. The Bertz CT molecular complexity index is 421. The van der Waals surface area contributed by atoms with Crippen molar-refractivity contribution in [3.05, 3.63) is 35.9 Å². The van der Waals surface area contributed by atoms with Crippen LogP contribution < -0.4 is 5.14 Å². The highest BCUT2D eigenvalue weighted by molar-refractivity contribution is 7.76. The Morgan fingerprint density at radius 3 is 1.73 bits per heavy atom. The molecule has 26 heavy (non-hydrogen) atoms. The molecule has 0 aromatic heterocycles. The van der Waals surface area contributed by atoms with Gasteiger partial charge in [-0.05, 0) is 24.3 Å². The Balaban J connectivity index is 0.00000141. The number of unbranched alkanes of at least 4 members (excludes halogenated alkanes) is 9. The fourth-order valence-electron chi connectivity index (χ4n) is 3.35. The monoisotopic (exact) mass is 382 g/mol. The molecular weight excluding hydrogens is 342 g/mol. The molecule has 0 heterocycles. The summed E-state index contributed by atoms with van der Waals surface area (Å²) in [6, 6.07) is 11.2. The van der Waals surface area contributed by atoms with E-state index in [0.29, 0.717) is 0 Å². The maximum Gasteiger partial charge on any atom is 0.0152 e. The Morgan fingerprint density at radius 1 is 0.808 bits per heavy atom. The van der Waals surface area contributed by atoms with Crippen LogP contribution in [0, 0.1) is 0 Å². The summed E-state index contributed by atoms with van der Waals surface area (Å²) in [7, 11) is 0. The summed E-state index contributed by atoms with van der Waals surface area (Å²) >= 11 is -2.36. The van der Waals surface area contributed by atoms with Crippen LogP contribution in [-0.2, 0) is 11.3 Å². The summed E-state index contributed by atoms with van der Waals surface area (Å²) in [6.45, 7) is 4.60. The van der Waals surface area contributed by atoms with E-state index in [9.17, 15) is 0 Å². The van der Waals surface area contributed by atoms with Gasteiger partial charge in [0, 0.05) is 11.3 Å². The molecule has 2 unspecified atom stereocenters. The Kier molecular flexibility index (Phi) is 18.5. The van der Waals surface area contributed by atoms with E-state index in [1.165, 1.54) is 83.5 Å². The molecule has 0 aliphatic heterocycles. The van der Waals surface area contributed by atoms with E-state index in [-0.39, 0.29) is 0 Å². The molecule has 1 aromatic rings. The first-order valence-electron chi connectivity index (χ1n) is 10.5. The van der Waals surface area contributed by atoms with Gasteiger partial charge in [-0.15, -0.1) is 0 Å². The van der Waals surface area contributed by atoms with Crippen molar-refractivity contribution in [3.63, 3.8) is 0 Å². The zero-order valence-corrected chi connectivity index (χ0v) is 17.8. The van der Waals surface area contributed by atoms with Crippen molar-refractivity contribution >= 4 is 11.3 Å². The van der Waals surface area contributed by atoms with Crippen molar-refractivity contribution in [2.24, 2.45) is 5.14 Å². The predicted molar refractivity (Wildman–Crippen MR) is 114 cm³/mol. The Morgan fingerprint density at radius 2 is 1.23 bits per heavy atom. The van der Waals surface area contributed by atoms with E-state index in [2.05, 4.69) is 49.3 Å². The normalized spacial score (nSPS) is 12.9. The van der Waals surface area contributed by atoms with Crippen molar-refractivity contribution in [1.29, 1.82) is 0 Å². The zero-order chi connectivity index (χ0) is 19.5. The maximum absolute atomic E-state index is 8.78. The molecule has 0 amide bonds. The second-order valence-corrected chi connectivity index (χ2v) is 7.65. The lowest BCUT2D eigenvalue weighted by Gasteiger charge is -2.17. The van der Waals surface area contributed by atoms with Gasteiger partial charge in [-0.2, -0.15) is 0 Å². The third kappa shape index (κ3) is 16.7. The van der Waals surface area contributed by atoms with Gasteiger partial charge in [0.2, 0.25) is 0 Å². The molecule has 2 atom stereocenters. The lowest BCUT2D eigenvalue weighted by atomic mass is 9.88. The van der Waals surface area contributed by atoms with Gasteiger partial charge < -0.3 is 4.55 Å². The number of rotatable bonds is 14. The molecule has 152 valence electrons. The lowest BCUT2D eigenvalue weighted by molar-refractivity contribution is 0.497. The van der Waals surface area contributed by atoms with Gasteiger partial charge in [-0.1, -0.05) is 115 Å². The summed E-state index contributed by atoms with van der Waals surface area (Å²) in [5.74, 6) is 0.797. The number of benzene rings is 1. The van der Waals surface area contributed by atoms with E-state index >= 15 is 0 Å². The van der Waals surface area contributed by atoms with E-state index in [1.54, 1.807) is 5.56 Å². The van der Waals surface area contributed by atoms with Gasteiger partial charge in [0.15, 0.2) is 0 Å². The van der Waals surface area contributed by atoms with Crippen LogP contribution in [0.25, 0.3) is 0 Å². The van der Waals surface area contributed by atoms with Crippen molar-refractivity contribution in [1.82, 2.24) is 0 Å². The van der Waals surface area contributed by atoms with Gasteiger partial charge in [0.1, 0.15) is 0 Å². The van der Waals surface area contributed by atoms with Crippen LogP contribution in [0.2, 0.25) is 0 Å². The van der Waals surface area contributed by atoms with E-state index < -0.39 is 11.3 Å². The molecule has 0 fully saturated rings. The highest BCUT2D eigenvalue weighted by Crippen LogP contribution is 2.28. The molecule has 0 spiro atoms. The standard InChI is InChI=1S/C22H38.H3NO2S/c1-3-5-7-8-9-10-11-12-14-18-21(17-6-4-2)22-19-15-13-16-20-22;1-4(2)3/h13,15-16,19-21H,3-12,14,17-18H2,1-2H3;1H2,(H,2,3)/p-1. The summed E-state index contributed by atoms with van der Waals surface area (Å²) in [4.78, 5) is 0. The fourth-order valence-corrected chi connectivity index (χ4v) is 3.35. The minimum absolute atomic E-state index is 0.797. The van der Waals surface area contributed by atoms with Crippen LogP contribution in [0.15, 0.2) is 30.3 Å². The molecule has 0 saturated heterocycles. The SMILES string of the molecule is CCCCCCCCCCCC(CCCC)c1ccccc1.NS(=O)[O-]. The first-order chi connectivity index (χ1) is 12.6. The minimum atomic E-state index is -2.36. The number of nitrogens with two attached hydrogens (primary N) is 1. The molecule has 1 rings (SSSR count). The third-order valence-electron chi connectivity index (χ3n) is 4.83. The van der Waals surface area contributed by atoms with E-state index in [0.717, 1.165) is 5.92 Å². The topological polar surface area (TPSA) is 66.2 Å². The first-order valence-corrected chi connectivity index (χ1v) is 11.6. The van der Waals surface area contributed by atoms with Gasteiger partial charge in [-0.3, -0.25) is 9.35 Å². The van der Waals surface area contributed by atoms with Crippen molar-refractivity contribution in [3.8, 4) is 0 Å². The molecule has 0 radical (unpaired) electrons. The van der Waals surface area contributed by atoms with Crippen LogP contribution in [-0.4, -0.2) is 8.76 Å². The van der Waals surface area contributed by atoms with E-state index in [1.807, 2.05) is 0 Å². The quantitative estimate of drug-likeness (QED) is 0.290. The van der Waals surface area contributed by atoms with Gasteiger partial charge >= 0.3 is 0 Å². The van der Waals surface area contributed by atoms with Crippen LogP contribution in [0.1, 0.15) is 109 Å². The van der Waals surface area contributed by atoms with Crippen molar-refractivity contribution in [2.45, 2.75) is 103 Å².